The van der Waals surface area contributed by atoms with Crippen LogP contribution in [0.3, 0.4) is 0 Å². The maximum atomic E-state index is 11.7. The lowest BCUT2D eigenvalue weighted by Gasteiger charge is -2.22. The van der Waals surface area contributed by atoms with E-state index < -0.39 is 0 Å². The van der Waals surface area contributed by atoms with Crippen molar-refractivity contribution in [2.24, 2.45) is 0 Å². The van der Waals surface area contributed by atoms with Gasteiger partial charge in [0, 0.05) is 12.1 Å². The Balaban J connectivity index is 1.98. The molecule has 98 valence electrons. The zero-order valence-corrected chi connectivity index (χ0v) is 10.7. The van der Waals surface area contributed by atoms with Gasteiger partial charge in [-0.2, -0.15) is 0 Å². The van der Waals surface area contributed by atoms with E-state index in [1.54, 1.807) is 0 Å². The summed E-state index contributed by atoms with van der Waals surface area (Å²) in [5.74, 6) is 0.563. The first-order valence-corrected chi connectivity index (χ1v) is 6.80. The third kappa shape index (κ3) is 3.33. The minimum atomic E-state index is -0.112. The van der Waals surface area contributed by atoms with E-state index in [1.807, 2.05) is 12.1 Å². The fraction of sp³-hybridized carbons (Fsp3) is 0.533. The van der Waals surface area contributed by atoms with Crippen LogP contribution in [0, 0.1) is 0 Å². The first-order chi connectivity index (χ1) is 8.81. The Bertz CT molecular complexity index is 380. The number of carbonyl (C=O) groups is 1. The molecule has 3 nitrogen and oxygen atoms in total. The number of nitrogens with one attached hydrogen (secondary N) is 1. The number of benzene rings is 1. The number of aliphatic hydroxyl groups is 1. The van der Waals surface area contributed by atoms with E-state index in [0.29, 0.717) is 18.0 Å². The summed E-state index contributed by atoms with van der Waals surface area (Å²) in [4.78, 5) is 11.7. The van der Waals surface area contributed by atoms with Crippen molar-refractivity contribution in [2.75, 3.05) is 13.2 Å². The molecule has 1 fully saturated rings. The van der Waals surface area contributed by atoms with E-state index in [-0.39, 0.29) is 12.5 Å². The highest BCUT2D eigenvalue weighted by Crippen LogP contribution is 2.32. The van der Waals surface area contributed by atoms with Crippen LogP contribution in [0.25, 0.3) is 0 Å². The fourth-order valence-corrected chi connectivity index (χ4v) is 2.61. The summed E-state index contributed by atoms with van der Waals surface area (Å²) in [5.41, 5.74) is 2.02. The third-order valence-electron chi connectivity index (χ3n) is 3.65. The highest BCUT2D eigenvalue weighted by Gasteiger charge is 2.15. The maximum absolute atomic E-state index is 11.7. The molecule has 0 saturated heterocycles. The van der Waals surface area contributed by atoms with Gasteiger partial charge in [-0.15, -0.1) is 0 Å². The summed E-state index contributed by atoms with van der Waals surface area (Å²) < 4.78 is 0. The van der Waals surface area contributed by atoms with Gasteiger partial charge in [0.1, 0.15) is 0 Å². The van der Waals surface area contributed by atoms with Gasteiger partial charge in [0.2, 0.25) is 0 Å². The van der Waals surface area contributed by atoms with Crippen molar-refractivity contribution in [2.45, 2.75) is 38.0 Å². The molecule has 3 heteroatoms. The molecule has 0 heterocycles. The molecule has 0 unspecified atom stereocenters. The Kier molecular flexibility index (Phi) is 4.76. The van der Waals surface area contributed by atoms with Crippen molar-refractivity contribution in [3.05, 3.63) is 35.4 Å². The van der Waals surface area contributed by atoms with E-state index in [4.69, 9.17) is 5.11 Å². The Morgan fingerprint density at radius 2 is 1.83 bits per heavy atom. The summed E-state index contributed by atoms with van der Waals surface area (Å²) in [7, 11) is 0. The van der Waals surface area contributed by atoms with Crippen LogP contribution >= 0.6 is 0 Å². The van der Waals surface area contributed by atoms with Gasteiger partial charge in [0.25, 0.3) is 5.91 Å². The molecule has 0 spiro atoms. The number of carbonyl (C=O) groups excluding carboxylic acids is 1. The van der Waals surface area contributed by atoms with Crippen molar-refractivity contribution in [3.8, 4) is 0 Å². The zero-order valence-electron chi connectivity index (χ0n) is 10.7. The molecule has 1 aliphatic carbocycles. The van der Waals surface area contributed by atoms with Crippen LogP contribution in [0.2, 0.25) is 0 Å². The van der Waals surface area contributed by atoms with E-state index in [2.05, 4.69) is 17.4 Å². The molecule has 2 N–H and O–H groups in total. The van der Waals surface area contributed by atoms with Crippen molar-refractivity contribution in [3.63, 3.8) is 0 Å². The van der Waals surface area contributed by atoms with Gasteiger partial charge < -0.3 is 10.4 Å². The molecule has 0 aromatic heterocycles. The van der Waals surface area contributed by atoms with E-state index >= 15 is 0 Å². The summed E-state index contributed by atoms with van der Waals surface area (Å²) in [6.45, 7) is 0.287. The number of hydrogen-bond donors (Lipinski definition) is 2. The Morgan fingerprint density at radius 1 is 1.17 bits per heavy atom. The first kappa shape index (κ1) is 13.1. The smallest absolute Gasteiger partial charge is 0.251 e. The predicted octanol–water partition coefficient (Wildman–Crippen LogP) is 2.46. The lowest BCUT2D eigenvalue weighted by Crippen LogP contribution is -2.26. The lowest BCUT2D eigenvalue weighted by molar-refractivity contribution is 0.0945. The van der Waals surface area contributed by atoms with Gasteiger partial charge in [-0.25, -0.2) is 0 Å². The van der Waals surface area contributed by atoms with Crippen molar-refractivity contribution < 1.29 is 9.90 Å². The standard InChI is InChI=1S/C15H21NO2/c17-11-10-16-15(18)14-8-6-13(7-9-14)12-4-2-1-3-5-12/h6-9,12,17H,1-5,10-11H2,(H,16,18). The van der Waals surface area contributed by atoms with Gasteiger partial charge in [0.05, 0.1) is 6.61 Å². The Morgan fingerprint density at radius 3 is 2.44 bits per heavy atom. The highest BCUT2D eigenvalue weighted by atomic mass is 16.3. The molecule has 1 saturated carbocycles. The molecule has 0 aliphatic heterocycles. The summed E-state index contributed by atoms with van der Waals surface area (Å²) in [6.07, 6.45) is 6.55. The fourth-order valence-electron chi connectivity index (χ4n) is 2.61. The van der Waals surface area contributed by atoms with E-state index in [9.17, 15) is 4.79 Å². The number of rotatable bonds is 4. The highest BCUT2D eigenvalue weighted by molar-refractivity contribution is 5.94. The molecular weight excluding hydrogens is 226 g/mol. The monoisotopic (exact) mass is 247 g/mol. The Hall–Kier alpha value is -1.35. The first-order valence-electron chi connectivity index (χ1n) is 6.80. The van der Waals surface area contributed by atoms with Crippen LogP contribution in [-0.4, -0.2) is 24.2 Å². The molecule has 0 radical (unpaired) electrons. The molecule has 18 heavy (non-hydrogen) atoms. The van der Waals surface area contributed by atoms with Gasteiger partial charge in [-0.05, 0) is 36.5 Å². The van der Waals surface area contributed by atoms with Crippen LogP contribution < -0.4 is 5.32 Å². The molecule has 2 rings (SSSR count). The SMILES string of the molecule is O=C(NCCO)c1ccc(C2CCCCC2)cc1. The molecule has 1 aromatic carbocycles. The molecule has 1 amide bonds. The number of amides is 1. The molecule has 1 aromatic rings. The van der Waals surface area contributed by atoms with Crippen molar-refractivity contribution in [1.82, 2.24) is 5.32 Å². The minimum absolute atomic E-state index is 0.0219. The Labute approximate surface area is 108 Å². The largest absolute Gasteiger partial charge is 0.395 e. The second kappa shape index (κ2) is 6.55. The van der Waals surface area contributed by atoms with Gasteiger partial charge in [-0.3, -0.25) is 4.79 Å². The van der Waals surface area contributed by atoms with Crippen LogP contribution in [0.4, 0.5) is 0 Å². The van der Waals surface area contributed by atoms with Crippen molar-refractivity contribution in [1.29, 1.82) is 0 Å². The number of hydrogen-bond acceptors (Lipinski definition) is 2. The average Bonchev–Trinajstić information content (AvgIpc) is 2.46. The quantitative estimate of drug-likeness (QED) is 0.858. The summed E-state index contributed by atoms with van der Waals surface area (Å²) in [6, 6.07) is 7.92. The van der Waals surface area contributed by atoms with Crippen LogP contribution in [0.1, 0.15) is 53.9 Å². The van der Waals surface area contributed by atoms with E-state index in [0.717, 1.165) is 0 Å². The van der Waals surface area contributed by atoms with Gasteiger partial charge in [0.15, 0.2) is 0 Å². The van der Waals surface area contributed by atoms with Crippen molar-refractivity contribution >= 4 is 5.91 Å². The third-order valence-corrected chi connectivity index (χ3v) is 3.65. The maximum Gasteiger partial charge on any atom is 0.251 e. The van der Waals surface area contributed by atoms with Crippen LogP contribution in [0.5, 0.6) is 0 Å². The molecule has 1 aliphatic rings. The second-order valence-corrected chi connectivity index (χ2v) is 4.94. The summed E-state index contributed by atoms with van der Waals surface area (Å²) >= 11 is 0. The molecule has 0 bridgehead atoms. The second-order valence-electron chi connectivity index (χ2n) is 4.94. The minimum Gasteiger partial charge on any atom is -0.395 e. The van der Waals surface area contributed by atoms with Crippen LogP contribution in [0.15, 0.2) is 24.3 Å². The zero-order chi connectivity index (χ0) is 12.8. The average molecular weight is 247 g/mol. The molecular formula is C15H21NO2. The number of aliphatic hydroxyl groups excluding tert-OH is 1. The topological polar surface area (TPSA) is 49.3 Å². The van der Waals surface area contributed by atoms with E-state index in [1.165, 1.54) is 37.7 Å². The van der Waals surface area contributed by atoms with Gasteiger partial charge in [-0.1, -0.05) is 31.4 Å². The lowest BCUT2D eigenvalue weighted by atomic mass is 9.84. The van der Waals surface area contributed by atoms with Gasteiger partial charge >= 0.3 is 0 Å². The predicted molar refractivity (Wildman–Crippen MR) is 71.7 cm³/mol. The van der Waals surface area contributed by atoms with Crippen LogP contribution in [-0.2, 0) is 0 Å². The molecule has 0 atom stereocenters. The normalized spacial score (nSPS) is 16.5. The summed E-state index contributed by atoms with van der Waals surface area (Å²) in [5, 5.41) is 11.3.